The molecule has 5 aromatic rings. The van der Waals surface area contributed by atoms with Crippen LogP contribution in [0.2, 0.25) is 5.02 Å². The summed E-state index contributed by atoms with van der Waals surface area (Å²) in [6.45, 7) is 1.40. The van der Waals surface area contributed by atoms with Gasteiger partial charge in [-0.1, -0.05) is 80.1 Å². The molecule has 2 amide bonds. The smallest absolute Gasteiger partial charge is 0.227 e. The molecule has 1 saturated carbocycles. The number of aliphatic imine (C=N–C) groups is 1. The summed E-state index contributed by atoms with van der Waals surface area (Å²) in [6.07, 6.45) is 17.8. The van der Waals surface area contributed by atoms with Gasteiger partial charge in [0.15, 0.2) is 0 Å². The number of carbonyl (C=O) groups is 4. The molecule has 0 bridgehead atoms. The summed E-state index contributed by atoms with van der Waals surface area (Å²) in [7, 11) is 3.32. The minimum absolute atomic E-state index is 0.105. The highest BCUT2D eigenvalue weighted by atomic mass is 35.5. The number of aromatic nitrogens is 2. The normalized spacial score (nSPS) is 15.8. The molecule has 390 valence electrons. The van der Waals surface area contributed by atoms with E-state index in [0.29, 0.717) is 80.8 Å². The third kappa shape index (κ3) is 15.1. The Morgan fingerprint density at radius 1 is 0.851 bits per heavy atom. The number of carbonyl (C=O) groups excluding carboxylic acids is 4. The third-order valence-corrected chi connectivity index (χ3v) is 14.1. The second kappa shape index (κ2) is 27.4. The predicted octanol–water partition coefficient (Wildman–Crippen LogP) is 10.0. The first-order chi connectivity index (χ1) is 35.9. The van der Waals surface area contributed by atoms with E-state index < -0.39 is 17.7 Å². The standard InChI is InChI=1S/C57H67ClF2N10O4/c1-62-52(73)28-26-44(36-72)70(2)34-47-38(35-71)12-10-15-51(47)68-53(74)16-8-6-4-3-5-7-9-29-63-41-22-24-42(25-23-41)64-33-50(61)37-17-20-43(21-18-37)67-57-66-32-39-31-65-56(54-48(59)13-11-14-49(54)60)46-30-40(58)19-27-45(46)55(39)69-57/h10-15,17-21,27,30,32-33,35-36,41-42,44,63-64H,3-9,16,22-26,28-29,31,34,61H2,1-2H3,(H,62,73)(H,68,74)(H,66,67,69)/b50-33-. The molecule has 0 spiro atoms. The van der Waals surface area contributed by atoms with Crippen LogP contribution in [-0.2, 0) is 27.5 Å². The largest absolute Gasteiger partial charge is 0.397 e. The van der Waals surface area contributed by atoms with Gasteiger partial charge in [-0.05, 0) is 107 Å². The first-order valence-corrected chi connectivity index (χ1v) is 26.0. The fourth-order valence-corrected chi connectivity index (χ4v) is 9.71. The number of benzene rings is 4. The lowest BCUT2D eigenvalue weighted by Gasteiger charge is -2.29. The van der Waals surface area contributed by atoms with Crippen molar-refractivity contribution in [3.05, 3.63) is 141 Å². The summed E-state index contributed by atoms with van der Waals surface area (Å²) in [4.78, 5) is 64.1. The summed E-state index contributed by atoms with van der Waals surface area (Å²) in [5, 5.41) is 16.5. The number of rotatable bonds is 26. The molecule has 1 atom stereocenters. The number of aldehydes is 2. The van der Waals surface area contributed by atoms with E-state index in [-0.39, 0.29) is 42.6 Å². The van der Waals surface area contributed by atoms with Crippen molar-refractivity contribution in [2.45, 2.75) is 121 Å². The van der Waals surface area contributed by atoms with E-state index in [9.17, 15) is 28.0 Å². The van der Waals surface area contributed by atoms with Crippen molar-refractivity contribution in [2.24, 2.45) is 10.7 Å². The van der Waals surface area contributed by atoms with Crippen molar-refractivity contribution < 1.29 is 28.0 Å². The molecular formula is C57H67ClF2N10O4. The Kier molecular flexibility index (Phi) is 20.3. The molecule has 1 fully saturated rings. The Bertz CT molecular complexity index is 2780. The highest BCUT2D eigenvalue weighted by Crippen LogP contribution is 2.35. The third-order valence-electron chi connectivity index (χ3n) is 13.8. The van der Waals surface area contributed by atoms with E-state index in [4.69, 9.17) is 22.3 Å². The number of hydrogen-bond acceptors (Lipinski definition) is 12. The van der Waals surface area contributed by atoms with Gasteiger partial charge in [0.05, 0.1) is 35.3 Å². The Morgan fingerprint density at radius 2 is 1.55 bits per heavy atom. The number of halogens is 3. The Balaban J connectivity index is 0.762. The van der Waals surface area contributed by atoms with Crippen LogP contribution < -0.4 is 32.3 Å². The maximum atomic E-state index is 15.0. The van der Waals surface area contributed by atoms with Crippen molar-refractivity contribution >= 4 is 64.7 Å². The molecule has 2 heterocycles. The summed E-state index contributed by atoms with van der Waals surface area (Å²) in [5.74, 6) is -1.33. The number of hydrogen-bond donors (Lipinski definition) is 6. The summed E-state index contributed by atoms with van der Waals surface area (Å²) < 4.78 is 30.0. The molecule has 14 nitrogen and oxygen atoms in total. The van der Waals surface area contributed by atoms with Gasteiger partial charge in [-0.2, -0.15) is 0 Å². The van der Waals surface area contributed by atoms with Gasteiger partial charge < -0.3 is 37.1 Å². The highest BCUT2D eigenvalue weighted by Gasteiger charge is 2.26. The number of nitrogens with two attached hydrogens (primary N) is 1. The number of anilines is 3. The quantitative estimate of drug-likeness (QED) is 0.0228. The van der Waals surface area contributed by atoms with Crippen LogP contribution in [0.1, 0.15) is 128 Å². The molecule has 1 aromatic heterocycles. The van der Waals surface area contributed by atoms with Crippen molar-refractivity contribution in [3.63, 3.8) is 0 Å². The number of nitrogens with one attached hydrogen (secondary N) is 5. The maximum Gasteiger partial charge on any atom is 0.227 e. The lowest BCUT2D eigenvalue weighted by molar-refractivity contribution is -0.121. The van der Waals surface area contributed by atoms with Crippen LogP contribution >= 0.6 is 11.6 Å². The second-order valence-corrected chi connectivity index (χ2v) is 19.5. The molecule has 1 unspecified atom stereocenters. The van der Waals surface area contributed by atoms with Crippen LogP contribution in [0, 0.1) is 11.6 Å². The molecule has 17 heteroatoms. The fourth-order valence-electron chi connectivity index (χ4n) is 9.54. The molecular weight excluding hydrogens is 962 g/mol. The van der Waals surface area contributed by atoms with Crippen LogP contribution in [0.3, 0.4) is 0 Å². The van der Waals surface area contributed by atoms with Gasteiger partial charge in [-0.15, -0.1) is 0 Å². The first kappa shape index (κ1) is 54.9. The van der Waals surface area contributed by atoms with Gasteiger partial charge in [-0.3, -0.25) is 24.3 Å². The van der Waals surface area contributed by atoms with Crippen molar-refractivity contribution in [2.75, 3.05) is 31.3 Å². The molecule has 0 radical (unpaired) electrons. The zero-order valence-corrected chi connectivity index (χ0v) is 43.0. The first-order valence-electron chi connectivity index (χ1n) is 25.6. The Morgan fingerprint density at radius 3 is 2.27 bits per heavy atom. The van der Waals surface area contributed by atoms with Crippen LogP contribution in [0.15, 0.2) is 96.3 Å². The van der Waals surface area contributed by atoms with Gasteiger partial charge >= 0.3 is 0 Å². The van der Waals surface area contributed by atoms with Crippen molar-refractivity contribution in [1.29, 1.82) is 0 Å². The molecule has 7 N–H and O–H groups in total. The summed E-state index contributed by atoms with van der Waals surface area (Å²) >= 11 is 6.38. The predicted molar refractivity (Wildman–Crippen MR) is 289 cm³/mol. The lowest BCUT2D eigenvalue weighted by atomic mass is 9.91. The molecule has 74 heavy (non-hydrogen) atoms. The van der Waals surface area contributed by atoms with E-state index in [1.807, 2.05) is 30.5 Å². The second-order valence-electron chi connectivity index (χ2n) is 19.1. The highest BCUT2D eigenvalue weighted by molar-refractivity contribution is 6.31. The molecule has 1 aliphatic carbocycles. The van der Waals surface area contributed by atoms with Crippen molar-refractivity contribution in [3.8, 4) is 11.3 Å². The van der Waals surface area contributed by atoms with Crippen LogP contribution in [-0.4, -0.2) is 83.7 Å². The minimum atomic E-state index is -0.714. The van der Waals surface area contributed by atoms with Crippen LogP contribution in [0.4, 0.5) is 26.1 Å². The van der Waals surface area contributed by atoms with E-state index >= 15 is 0 Å². The monoisotopic (exact) mass is 1030 g/mol. The number of amides is 2. The van der Waals surface area contributed by atoms with E-state index in [1.165, 1.54) is 24.6 Å². The number of nitrogens with zero attached hydrogens (tertiary/aromatic N) is 4. The minimum Gasteiger partial charge on any atom is -0.397 e. The van der Waals surface area contributed by atoms with Gasteiger partial charge in [-0.25, -0.2) is 18.7 Å². The SMILES string of the molecule is CNC(=O)CCC(C=O)N(C)Cc1c(C=O)cccc1NC(=O)CCCCCCCCCNC1CCC(N/C=C(\N)c2ccc(Nc3ncc4c(n3)-c3ccc(Cl)cc3C(c3c(F)cccc3F)=NC4)cc2)CC1. The zero-order chi connectivity index (χ0) is 52.4. The van der Waals surface area contributed by atoms with Gasteiger partial charge in [0.2, 0.25) is 17.8 Å². The fraction of sp³-hybridized carbons (Fsp3) is 0.386. The molecule has 2 aliphatic rings. The maximum absolute atomic E-state index is 15.0. The summed E-state index contributed by atoms with van der Waals surface area (Å²) in [6, 6.07) is 22.1. The summed E-state index contributed by atoms with van der Waals surface area (Å²) in [5.41, 5.74) is 12.8. The van der Waals surface area contributed by atoms with Gasteiger partial charge in [0.25, 0.3) is 0 Å². The number of fused-ring (bicyclic) bond motifs is 3. The lowest BCUT2D eigenvalue weighted by Crippen LogP contribution is -2.39. The molecule has 1 aliphatic heterocycles. The van der Waals surface area contributed by atoms with Gasteiger partial charge in [0, 0.05) is 95.1 Å². The van der Waals surface area contributed by atoms with Crippen LogP contribution in [0.5, 0.6) is 0 Å². The van der Waals surface area contributed by atoms with E-state index in [1.54, 1.807) is 61.6 Å². The number of likely N-dealkylation sites (N-methyl/N-ethyl adjacent to an activating group) is 1. The molecule has 0 saturated heterocycles. The Hall–Kier alpha value is -6.88. The topological polar surface area (TPSA) is 196 Å². The number of unbranched alkanes of at least 4 members (excludes halogenated alkanes) is 6. The van der Waals surface area contributed by atoms with E-state index in [2.05, 4.69) is 36.6 Å². The van der Waals surface area contributed by atoms with Crippen LogP contribution in [0.25, 0.3) is 17.0 Å². The molecule has 4 aromatic carbocycles. The van der Waals surface area contributed by atoms with Gasteiger partial charge in [0.1, 0.15) is 24.2 Å². The zero-order valence-electron chi connectivity index (χ0n) is 42.2. The van der Waals surface area contributed by atoms with E-state index in [0.717, 1.165) is 94.6 Å². The molecule has 7 rings (SSSR count). The average molecular weight is 1030 g/mol. The Labute approximate surface area is 437 Å². The average Bonchev–Trinajstić information content (AvgIpc) is 3.55. The van der Waals surface area contributed by atoms with Crippen molar-refractivity contribution in [1.82, 2.24) is 30.8 Å².